The molecule has 152 valence electrons. The van der Waals surface area contributed by atoms with Crippen LogP contribution in [0, 0.1) is 13.8 Å². The van der Waals surface area contributed by atoms with Crippen molar-refractivity contribution in [2.45, 2.75) is 40.0 Å². The molecule has 2 fully saturated rings. The molecule has 3 heterocycles. The first kappa shape index (κ1) is 19.8. The number of carbonyl (C=O) groups is 1. The van der Waals surface area contributed by atoms with E-state index >= 15 is 0 Å². The van der Waals surface area contributed by atoms with Crippen molar-refractivity contribution < 1.29 is 9.21 Å². The van der Waals surface area contributed by atoms with E-state index in [9.17, 15) is 4.79 Å². The van der Waals surface area contributed by atoms with E-state index in [-0.39, 0.29) is 5.91 Å². The van der Waals surface area contributed by atoms with Crippen LogP contribution in [0.2, 0.25) is 0 Å². The highest BCUT2D eigenvalue weighted by atomic mass is 32.2. The van der Waals surface area contributed by atoms with E-state index in [1.807, 2.05) is 31.2 Å². The van der Waals surface area contributed by atoms with Crippen molar-refractivity contribution in [3.8, 4) is 0 Å². The molecule has 29 heavy (non-hydrogen) atoms. The Bertz CT molecular complexity index is 970. The number of amidine groups is 1. The summed E-state index contributed by atoms with van der Waals surface area (Å²) in [6.07, 6.45) is 5.53. The summed E-state index contributed by atoms with van der Waals surface area (Å²) in [6.45, 7) is 8.79. The molecule has 1 amide bonds. The number of amides is 1. The first-order chi connectivity index (χ1) is 14.0. The fourth-order valence-corrected chi connectivity index (χ4v) is 4.65. The highest BCUT2D eigenvalue weighted by Crippen LogP contribution is 2.35. The second-order valence-electron chi connectivity index (χ2n) is 7.55. The van der Waals surface area contributed by atoms with Crippen LogP contribution in [-0.2, 0) is 4.79 Å². The van der Waals surface area contributed by atoms with Gasteiger partial charge in [0, 0.05) is 31.8 Å². The van der Waals surface area contributed by atoms with E-state index in [1.165, 1.54) is 42.2 Å². The number of aliphatic imine (C=N–C) groups is 1. The van der Waals surface area contributed by atoms with E-state index in [0.717, 1.165) is 29.8 Å². The highest BCUT2D eigenvalue weighted by Gasteiger charge is 2.32. The molecule has 0 radical (unpaired) electrons. The van der Waals surface area contributed by atoms with E-state index in [1.54, 1.807) is 4.90 Å². The molecule has 0 aliphatic carbocycles. The van der Waals surface area contributed by atoms with Crippen LogP contribution in [0.5, 0.6) is 0 Å². The number of thioether (sulfide) groups is 1. The Kier molecular flexibility index (Phi) is 5.81. The van der Waals surface area contributed by atoms with Gasteiger partial charge in [-0.3, -0.25) is 9.69 Å². The second-order valence-corrected chi connectivity index (χ2v) is 8.56. The first-order valence-corrected chi connectivity index (χ1v) is 11.1. The number of likely N-dealkylation sites (N-methyl/N-ethyl adjacent to an activating group) is 1. The van der Waals surface area contributed by atoms with Gasteiger partial charge in [-0.25, -0.2) is 4.99 Å². The number of hydrogen-bond acceptors (Lipinski definition) is 5. The van der Waals surface area contributed by atoms with Crippen molar-refractivity contribution in [1.29, 1.82) is 0 Å². The summed E-state index contributed by atoms with van der Waals surface area (Å²) in [5.74, 6) is 1.59. The van der Waals surface area contributed by atoms with Gasteiger partial charge in [-0.05, 0) is 81.1 Å². The molecule has 0 unspecified atom stereocenters. The van der Waals surface area contributed by atoms with Crippen LogP contribution < -0.4 is 4.90 Å². The third-order valence-corrected chi connectivity index (χ3v) is 6.48. The number of furan rings is 1. The molecule has 2 saturated heterocycles. The normalized spacial score (nSPS) is 20.3. The van der Waals surface area contributed by atoms with Crippen molar-refractivity contribution >= 4 is 40.5 Å². The standard InChI is InChI=1S/C23H27N3O2S/c1-4-26-22(27)20(29-23(26)24-18-9-8-16(2)17(3)14-18)15-19-10-11-21(28-19)25-12-6-5-7-13-25/h8-11,14-15H,4-7,12-13H2,1-3H3/b20-15-,24-23?. The molecular weight excluding hydrogens is 382 g/mol. The predicted octanol–water partition coefficient (Wildman–Crippen LogP) is 5.51. The summed E-state index contributed by atoms with van der Waals surface area (Å²) in [4.78, 5) is 22.3. The number of rotatable bonds is 4. The molecule has 2 aromatic rings. The second kappa shape index (κ2) is 8.49. The Morgan fingerprint density at radius 2 is 1.90 bits per heavy atom. The molecule has 1 aromatic carbocycles. The molecule has 0 bridgehead atoms. The molecule has 5 nitrogen and oxygen atoms in total. The SMILES string of the molecule is CCN1C(=O)/C(=C/c2ccc(N3CCCCC3)o2)SC1=Nc1ccc(C)c(C)c1. The van der Waals surface area contributed by atoms with Crippen molar-refractivity contribution in [3.05, 3.63) is 52.1 Å². The third kappa shape index (κ3) is 4.27. The summed E-state index contributed by atoms with van der Waals surface area (Å²) in [5.41, 5.74) is 3.30. The van der Waals surface area contributed by atoms with E-state index in [2.05, 4.69) is 30.9 Å². The molecular formula is C23H27N3O2S. The van der Waals surface area contributed by atoms with E-state index in [4.69, 9.17) is 9.41 Å². The number of hydrogen-bond donors (Lipinski definition) is 0. The van der Waals surface area contributed by atoms with E-state index < -0.39 is 0 Å². The largest absolute Gasteiger partial charge is 0.441 e. The monoisotopic (exact) mass is 409 g/mol. The van der Waals surface area contributed by atoms with Gasteiger partial charge >= 0.3 is 0 Å². The van der Waals surface area contributed by atoms with E-state index in [0.29, 0.717) is 17.2 Å². The van der Waals surface area contributed by atoms with Crippen LogP contribution >= 0.6 is 11.8 Å². The summed E-state index contributed by atoms with van der Waals surface area (Å²) in [7, 11) is 0. The van der Waals surface area contributed by atoms with Crippen molar-refractivity contribution in [2.75, 3.05) is 24.5 Å². The Morgan fingerprint density at radius 3 is 2.62 bits per heavy atom. The zero-order valence-electron chi connectivity index (χ0n) is 17.3. The molecule has 0 N–H and O–H groups in total. The summed E-state index contributed by atoms with van der Waals surface area (Å²) in [6, 6.07) is 10.1. The molecule has 0 saturated carbocycles. The summed E-state index contributed by atoms with van der Waals surface area (Å²) < 4.78 is 6.01. The Labute approximate surface area is 176 Å². The molecule has 0 spiro atoms. The minimum atomic E-state index is -0.0176. The fraction of sp³-hybridized carbons (Fsp3) is 0.391. The van der Waals surface area contributed by atoms with Gasteiger partial charge in [-0.1, -0.05) is 6.07 Å². The van der Waals surface area contributed by atoms with Crippen LogP contribution in [0.3, 0.4) is 0 Å². The summed E-state index contributed by atoms with van der Waals surface area (Å²) in [5, 5.41) is 0.717. The zero-order valence-corrected chi connectivity index (χ0v) is 18.1. The number of benzene rings is 1. The maximum absolute atomic E-state index is 12.9. The van der Waals surface area contributed by atoms with Crippen LogP contribution in [0.25, 0.3) is 6.08 Å². The van der Waals surface area contributed by atoms with Crippen LogP contribution in [0.15, 0.2) is 44.6 Å². The quantitative estimate of drug-likeness (QED) is 0.625. The lowest BCUT2D eigenvalue weighted by Crippen LogP contribution is -2.28. The number of aryl methyl sites for hydroxylation is 2. The van der Waals surface area contributed by atoms with Gasteiger partial charge < -0.3 is 9.32 Å². The van der Waals surface area contributed by atoms with Crippen LogP contribution in [-0.4, -0.2) is 35.6 Å². The lowest BCUT2D eigenvalue weighted by atomic mass is 10.1. The Balaban J connectivity index is 1.57. The maximum atomic E-state index is 12.9. The lowest BCUT2D eigenvalue weighted by Gasteiger charge is -2.25. The fourth-order valence-electron chi connectivity index (χ4n) is 3.61. The van der Waals surface area contributed by atoms with Crippen LogP contribution in [0.1, 0.15) is 43.1 Å². The molecule has 0 atom stereocenters. The van der Waals surface area contributed by atoms with Gasteiger partial charge in [0.1, 0.15) is 5.76 Å². The van der Waals surface area contributed by atoms with Crippen molar-refractivity contribution in [2.24, 2.45) is 4.99 Å². The lowest BCUT2D eigenvalue weighted by molar-refractivity contribution is -0.122. The minimum absolute atomic E-state index is 0.0176. The maximum Gasteiger partial charge on any atom is 0.266 e. The van der Waals surface area contributed by atoms with Gasteiger partial charge in [-0.2, -0.15) is 0 Å². The van der Waals surface area contributed by atoms with Crippen molar-refractivity contribution in [1.82, 2.24) is 4.90 Å². The predicted molar refractivity (Wildman–Crippen MR) is 121 cm³/mol. The number of carbonyl (C=O) groups excluding carboxylic acids is 1. The van der Waals surface area contributed by atoms with Gasteiger partial charge in [0.2, 0.25) is 0 Å². The zero-order chi connectivity index (χ0) is 20.4. The summed E-state index contributed by atoms with van der Waals surface area (Å²) >= 11 is 1.41. The number of piperidine rings is 1. The first-order valence-electron chi connectivity index (χ1n) is 10.3. The Hall–Kier alpha value is -2.47. The molecule has 1 aromatic heterocycles. The highest BCUT2D eigenvalue weighted by molar-refractivity contribution is 8.18. The smallest absolute Gasteiger partial charge is 0.266 e. The molecule has 2 aliphatic rings. The third-order valence-electron chi connectivity index (χ3n) is 5.47. The molecule has 4 rings (SSSR count). The van der Waals surface area contributed by atoms with Gasteiger partial charge in [0.05, 0.1) is 10.6 Å². The van der Waals surface area contributed by atoms with Crippen molar-refractivity contribution in [3.63, 3.8) is 0 Å². The average molecular weight is 410 g/mol. The topological polar surface area (TPSA) is 49.1 Å². The molecule has 2 aliphatic heterocycles. The van der Waals surface area contributed by atoms with Gasteiger partial charge in [-0.15, -0.1) is 0 Å². The number of nitrogens with zero attached hydrogens (tertiary/aromatic N) is 3. The molecule has 6 heteroatoms. The van der Waals surface area contributed by atoms with Gasteiger partial charge in [0.25, 0.3) is 5.91 Å². The Morgan fingerprint density at radius 1 is 1.10 bits per heavy atom. The minimum Gasteiger partial charge on any atom is -0.441 e. The average Bonchev–Trinajstić information content (AvgIpc) is 3.30. The van der Waals surface area contributed by atoms with Crippen LogP contribution in [0.4, 0.5) is 11.6 Å². The van der Waals surface area contributed by atoms with Gasteiger partial charge in [0.15, 0.2) is 11.1 Å². The number of anilines is 1.